The highest BCUT2D eigenvalue weighted by molar-refractivity contribution is 8.04. The van der Waals surface area contributed by atoms with E-state index in [0.717, 1.165) is 0 Å². The van der Waals surface area contributed by atoms with Crippen LogP contribution in [0.15, 0.2) is 12.5 Å². The van der Waals surface area contributed by atoms with Crippen molar-refractivity contribution in [2.75, 3.05) is 0 Å². The maximum Gasteiger partial charge on any atom is 0.278 e. The van der Waals surface area contributed by atoms with Gasteiger partial charge in [0, 0.05) is 12.6 Å². The highest BCUT2D eigenvalue weighted by Crippen LogP contribution is 1.99. The van der Waals surface area contributed by atoms with Gasteiger partial charge in [-0.15, -0.1) is 0 Å². The maximum absolute atomic E-state index is 11.0. The maximum atomic E-state index is 11.0. The van der Waals surface area contributed by atoms with Gasteiger partial charge in [-0.05, 0) is 0 Å². The number of primary sulfonamides is 1. The van der Waals surface area contributed by atoms with Crippen LogP contribution < -0.4 is 10.9 Å². The highest BCUT2D eigenvalue weighted by Gasteiger charge is 2.25. The van der Waals surface area contributed by atoms with Gasteiger partial charge in [0.25, 0.3) is 15.1 Å². The van der Waals surface area contributed by atoms with Crippen molar-refractivity contribution in [1.82, 2.24) is 9.97 Å². The molecular weight excluding hydrogens is 208 g/mol. The van der Waals surface area contributed by atoms with Crippen molar-refractivity contribution in [2.24, 2.45) is 10.9 Å². The second kappa shape index (κ2) is 3.86. The number of hydrogen-bond donors (Lipinski definition) is 3. The van der Waals surface area contributed by atoms with Crippen LogP contribution in [0.25, 0.3) is 0 Å². The molecule has 0 saturated heterocycles. The van der Waals surface area contributed by atoms with Crippen LogP contribution in [0.4, 0.5) is 0 Å². The number of aromatic amines is 1. The number of nitrogens with one attached hydrogen (secondary N) is 1. The molecule has 5 N–H and O–H groups in total. The molecule has 0 amide bonds. The Labute approximate surface area is 80.6 Å². The summed E-state index contributed by atoms with van der Waals surface area (Å²) in [5.41, 5.74) is 5.84. The van der Waals surface area contributed by atoms with Gasteiger partial charge >= 0.3 is 0 Å². The normalized spacial score (nSPS) is 13.9. The molecule has 1 atom stereocenters. The summed E-state index contributed by atoms with van der Waals surface area (Å²) < 4.78 is 21.2. The lowest BCUT2D eigenvalue weighted by Crippen LogP contribution is -2.40. The number of carbonyl (C=O) groups excluding carboxylic acids is 1. The second-order valence-electron chi connectivity index (χ2n) is 2.74. The molecule has 0 saturated carbocycles. The summed E-state index contributed by atoms with van der Waals surface area (Å²) in [6.45, 7) is 0. The molecule has 0 aromatic carbocycles. The van der Waals surface area contributed by atoms with Crippen LogP contribution in [0.3, 0.4) is 0 Å². The number of imidazole rings is 1. The summed E-state index contributed by atoms with van der Waals surface area (Å²) in [5, 5.41) is 3.44. The molecule has 1 rings (SSSR count). The Morgan fingerprint density at radius 2 is 2.29 bits per heavy atom. The summed E-state index contributed by atoms with van der Waals surface area (Å²) in [5.74, 6) is 0. The van der Waals surface area contributed by atoms with Gasteiger partial charge in [-0.3, -0.25) is 4.79 Å². The fraction of sp³-hybridized carbons (Fsp3) is 0.333. The average Bonchev–Trinajstić information content (AvgIpc) is 2.53. The monoisotopic (exact) mass is 218 g/mol. The lowest BCUT2D eigenvalue weighted by atomic mass is 10.2. The first-order chi connectivity index (χ1) is 6.41. The third-order valence-electron chi connectivity index (χ3n) is 1.57. The summed E-state index contributed by atoms with van der Waals surface area (Å²) in [6.07, 6.45) is 2.97. The third kappa shape index (κ3) is 2.62. The Morgan fingerprint density at radius 1 is 1.64 bits per heavy atom. The molecule has 0 fully saturated rings. The van der Waals surface area contributed by atoms with Crippen molar-refractivity contribution < 1.29 is 13.2 Å². The standard InChI is InChI=1S/C6H10N4O3S/c7-5(6(11)14(8,12)13)1-4-2-9-3-10-4/h2-3,5H,1,7H2,(H,9,10)(H2,8,12,13)/t5-/m0/s1. The summed E-state index contributed by atoms with van der Waals surface area (Å²) in [7, 11) is -4.21. The van der Waals surface area contributed by atoms with Gasteiger partial charge in [0.2, 0.25) is 0 Å². The predicted molar refractivity (Wildman–Crippen MR) is 48.4 cm³/mol. The zero-order valence-electron chi connectivity index (χ0n) is 7.17. The van der Waals surface area contributed by atoms with Gasteiger partial charge in [-0.1, -0.05) is 0 Å². The Balaban J connectivity index is 2.69. The van der Waals surface area contributed by atoms with Crippen molar-refractivity contribution in [2.45, 2.75) is 12.5 Å². The second-order valence-corrected chi connectivity index (χ2v) is 4.23. The number of nitrogens with two attached hydrogens (primary N) is 2. The highest BCUT2D eigenvalue weighted by atomic mass is 32.2. The quantitative estimate of drug-likeness (QED) is 0.544. The van der Waals surface area contributed by atoms with Crippen LogP contribution in [0.1, 0.15) is 5.69 Å². The van der Waals surface area contributed by atoms with Crippen LogP contribution in [0.2, 0.25) is 0 Å². The van der Waals surface area contributed by atoms with Gasteiger partial charge in [0.05, 0.1) is 18.1 Å². The largest absolute Gasteiger partial charge is 0.351 e. The van der Waals surface area contributed by atoms with Crippen molar-refractivity contribution in [3.8, 4) is 0 Å². The summed E-state index contributed by atoms with van der Waals surface area (Å²) in [4.78, 5) is 17.5. The van der Waals surface area contributed by atoms with E-state index in [4.69, 9.17) is 5.73 Å². The number of aromatic nitrogens is 2. The molecule has 0 aliphatic heterocycles. The zero-order chi connectivity index (χ0) is 10.8. The molecule has 0 aliphatic rings. The van der Waals surface area contributed by atoms with E-state index in [-0.39, 0.29) is 6.42 Å². The molecule has 8 heteroatoms. The molecule has 0 aliphatic carbocycles. The lowest BCUT2D eigenvalue weighted by molar-refractivity contribution is -0.112. The van der Waals surface area contributed by atoms with Gasteiger partial charge in [-0.25, -0.2) is 18.5 Å². The topological polar surface area (TPSA) is 132 Å². The first-order valence-corrected chi connectivity index (χ1v) is 5.26. The van der Waals surface area contributed by atoms with E-state index >= 15 is 0 Å². The number of carbonyl (C=O) groups is 1. The van der Waals surface area contributed by atoms with Crippen molar-refractivity contribution >= 4 is 15.1 Å². The Bertz CT molecular complexity index is 410. The van der Waals surface area contributed by atoms with Crippen LogP contribution in [0, 0.1) is 0 Å². The number of nitrogens with zero attached hydrogens (tertiary/aromatic N) is 1. The Hall–Kier alpha value is -1.25. The van der Waals surface area contributed by atoms with Crippen LogP contribution in [-0.2, 0) is 21.2 Å². The molecule has 7 nitrogen and oxygen atoms in total. The van der Waals surface area contributed by atoms with Gasteiger partial charge in [-0.2, -0.15) is 0 Å². The number of H-pyrrole nitrogens is 1. The Kier molecular flexibility index (Phi) is 2.99. The van der Waals surface area contributed by atoms with Gasteiger partial charge < -0.3 is 10.7 Å². The van der Waals surface area contributed by atoms with E-state index in [1.165, 1.54) is 12.5 Å². The molecule has 0 unspecified atom stereocenters. The van der Waals surface area contributed by atoms with E-state index in [9.17, 15) is 13.2 Å². The fourth-order valence-corrected chi connectivity index (χ4v) is 1.43. The molecular formula is C6H10N4O3S. The van der Waals surface area contributed by atoms with Crippen LogP contribution in [-0.4, -0.2) is 29.5 Å². The Morgan fingerprint density at radius 3 is 2.71 bits per heavy atom. The first-order valence-electron chi connectivity index (χ1n) is 3.71. The number of hydrogen-bond acceptors (Lipinski definition) is 5. The number of rotatable bonds is 3. The minimum absolute atomic E-state index is 0.0404. The summed E-state index contributed by atoms with van der Waals surface area (Å²) >= 11 is 0. The van der Waals surface area contributed by atoms with Crippen molar-refractivity contribution in [1.29, 1.82) is 0 Å². The molecule has 14 heavy (non-hydrogen) atoms. The van der Waals surface area contributed by atoms with Crippen molar-refractivity contribution in [3.63, 3.8) is 0 Å². The van der Waals surface area contributed by atoms with E-state index in [1.807, 2.05) is 0 Å². The smallest absolute Gasteiger partial charge is 0.278 e. The van der Waals surface area contributed by atoms with E-state index < -0.39 is 21.2 Å². The number of sulfonamides is 1. The fourth-order valence-electron chi connectivity index (χ4n) is 0.922. The zero-order valence-corrected chi connectivity index (χ0v) is 7.99. The van der Waals surface area contributed by atoms with Gasteiger partial charge in [0.1, 0.15) is 0 Å². The lowest BCUT2D eigenvalue weighted by Gasteiger charge is -2.05. The van der Waals surface area contributed by atoms with E-state index in [0.29, 0.717) is 5.69 Å². The van der Waals surface area contributed by atoms with Crippen LogP contribution in [0.5, 0.6) is 0 Å². The molecule has 1 aromatic heterocycles. The molecule has 0 bridgehead atoms. The van der Waals surface area contributed by atoms with Crippen molar-refractivity contribution in [3.05, 3.63) is 18.2 Å². The van der Waals surface area contributed by atoms with E-state index in [1.54, 1.807) is 0 Å². The summed E-state index contributed by atoms with van der Waals surface area (Å²) in [6, 6.07) is -1.17. The predicted octanol–water partition coefficient (Wildman–Crippen LogP) is -1.91. The molecule has 0 radical (unpaired) electrons. The van der Waals surface area contributed by atoms with Crippen LogP contribution >= 0.6 is 0 Å². The first kappa shape index (κ1) is 10.8. The SMILES string of the molecule is N[C@@H](Cc1c[nH]cn1)C(=O)S(N)(=O)=O. The minimum Gasteiger partial charge on any atom is -0.351 e. The molecule has 78 valence electrons. The third-order valence-corrected chi connectivity index (χ3v) is 2.43. The average molecular weight is 218 g/mol. The molecule has 1 heterocycles. The molecule has 0 spiro atoms. The minimum atomic E-state index is -4.21. The van der Waals surface area contributed by atoms with E-state index in [2.05, 4.69) is 15.1 Å². The molecule has 1 aromatic rings. The van der Waals surface area contributed by atoms with Gasteiger partial charge in [0.15, 0.2) is 0 Å².